The molecule has 152 valence electrons. The molecule has 29 heavy (non-hydrogen) atoms. The Morgan fingerprint density at radius 3 is 2.72 bits per heavy atom. The van der Waals surface area contributed by atoms with Crippen LogP contribution in [0, 0.1) is 19.3 Å². The maximum absolute atomic E-state index is 6.64. The summed E-state index contributed by atoms with van der Waals surface area (Å²) in [7, 11) is 0. The minimum Gasteiger partial charge on any atom is -0.379 e. The SMILES string of the molecule is Cc1cccc(-c2c(C)nc(N3CCC4(CC3)COC[C@H]4N)c3ccnn23)c1Cl. The number of aromatic nitrogens is 3. The lowest BCUT2D eigenvalue weighted by molar-refractivity contribution is 0.132. The van der Waals surface area contributed by atoms with Crippen molar-refractivity contribution in [2.45, 2.75) is 32.7 Å². The van der Waals surface area contributed by atoms with Crippen LogP contribution in [0.2, 0.25) is 5.02 Å². The average molecular weight is 412 g/mol. The molecule has 5 rings (SSSR count). The van der Waals surface area contributed by atoms with Crippen LogP contribution in [0.25, 0.3) is 16.8 Å². The van der Waals surface area contributed by atoms with Crippen LogP contribution in [0.4, 0.5) is 5.82 Å². The molecule has 1 atom stereocenters. The number of nitrogens with two attached hydrogens (primary N) is 1. The molecular weight excluding hydrogens is 386 g/mol. The second-order valence-electron chi connectivity index (χ2n) is 8.41. The first kappa shape index (κ1) is 18.9. The number of anilines is 1. The molecule has 6 nitrogen and oxygen atoms in total. The lowest BCUT2D eigenvalue weighted by atomic mass is 9.75. The summed E-state index contributed by atoms with van der Waals surface area (Å²) in [5.74, 6) is 0.981. The summed E-state index contributed by atoms with van der Waals surface area (Å²) in [6.07, 6.45) is 3.89. The van der Waals surface area contributed by atoms with Crippen molar-refractivity contribution in [3.8, 4) is 11.3 Å². The summed E-state index contributed by atoms with van der Waals surface area (Å²) in [5.41, 5.74) is 11.4. The molecule has 0 aliphatic carbocycles. The number of hydrogen-bond acceptors (Lipinski definition) is 5. The fourth-order valence-electron chi connectivity index (χ4n) is 4.80. The molecule has 0 radical (unpaired) electrons. The highest BCUT2D eigenvalue weighted by Gasteiger charge is 2.44. The Balaban J connectivity index is 1.54. The van der Waals surface area contributed by atoms with Crippen molar-refractivity contribution >= 4 is 22.9 Å². The maximum Gasteiger partial charge on any atom is 0.155 e. The van der Waals surface area contributed by atoms with Gasteiger partial charge in [-0.1, -0.05) is 29.8 Å². The molecule has 2 aliphatic heterocycles. The summed E-state index contributed by atoms with van der Waals surface area (Å²) < 4.78 is 7.65. The van der Waals surface area contributed by atoms with Crippen LogP contribution in [-0.2, 0) is 4.74 Å². The highest BCUT2D eigenvalue weighted by Crippen LogP contribution is 2.41. The number of fused-ring (bicyclic) bond motifs is 1. The average Bonchev–Trinajstić information content (AvgIpc) is 3.33. The Labute approximate surface area is 175 Å². The van der Waals surface area contributed by atoms with E-state index >= 15 is 0 Å². The van der Waals surface area contributed by atoms with Crippen LogP contribution in [0.1, 0.15) is 24.1 Å². The second kappa shape index (κ2) is 6.97. The van der Waals surface area contributed by atoms with Crippen LogP contribution >= 0.6 is 11.6 Å². The topological polar surface area (TPSA) is 68.7 Å². The molecule has 7 heteroatoms. The van der Waals surface area contributed by atoms with E-state index in [-0.39, 0.29) is 11.5 Å². The van der Waals surface area contributed by atoms with Crippen LogP contribution in [0.5, 0.6) is 0 Å². The fraction of sp³-hybridized carbons (Fsp3) is 0.455. The Kier molecular flexibility index (Phi) is 4.53. The standard InChI is InChI=1S/C22H26ClN5O/c1-14-4-3-5-16(19(14)23)20-15(2)26-21(17-6-9-25-28(17)20)27-10-7-22(8-11-27)13-29-12-18(22)24/h3-6,9,18H,7-8,10-13,24H2,1-2H3/t18-/m1/s1. The molecular formula is C22H26ClN5O. The van der Waals surface area contributed by atoms with E-state index < -0.39 is 0 Å². The Morgan fingerprint density at radius 2 is 2.00 bits per heavy atom. The van der Waals surface area contributed by atoms with Gasteiger partial charge < -0.3 is 15.4 Å². The largest absolute Gasteiger partial charge is 0.379 e. The second-order valence-corrected chi connectivity index (χ2v) is 8.78. The minimum absolute atomic E-state index is 0.122. The van der Waals surface area contributed by atoms with Crippen molar-refractivity contribution in [1.82, 2.24) is 14.6 Å². The van der Waals surface area contributed by atoms with Crippen LogP contribution in [-0.4, -0.2) is 46.9 Å². The lowest BCUT2D eigenvalue weighted by Crippen LogP contribution is -2.49. The van der Waals surface area contributed by atoms with E-state index in [1.54, 1.807) is 0 Å². The number of rotatable bonds is 2. The van der Waals surface area contributed by atoms with Gasteiger partial charge in [-0.15, -0.1) is 0 Å². The molecule has 1 spiro atoms. The smallest absolute Gasteiger partial charge is 0.155 e. The lowest BCUT2D eigenvalue weighted by Gasteiger charge is -2.41. The Bertz CT molecular complexity index is 1070. The third-order valence-corrected chi connectivity index (χ3v) is 7.18. The van der Waals surface area contributed by atoms with Gasteiger partial charge in [0.15, 0.2) is 5.82 Å². The molecule has 2 N–H and O–H groups in total. The van der Waals surface area contributed by atoms with Gasteiger partial charge in [0.1, 0.15) is 5.52 Å². The van der Waals surface area contributed by atoms with Gasteiger partial charge in [0.2, 0.25) is 0 Å². The third kappa shape index (κ3) is 2.93. The number of hydrogen-bond donors (Lipinski definition) is 1. The van der Waals surface area contributed by atoms with Gasteiger partial charge in [-0.25, -0.2) is 9.50 Å². The molecule has 2 aliphatic rings. The van der Waals surface area contributed by atoms with Gasteiger partial charge in [-0.3, -0.25) is 0 Å². The summed E-state index contributed by atoms with van der Waals surface area (Å²) in [5, 5.41) is 5.36. The number of benzene rings is 1. The van der Waals surface area contributed by atoms with Crippen LogP contribution in [0.3, 0.4) is 0 Å². The van der Waals surface area contributed by atoms with Crippen molar-refractivity contribution in [3.05, 3.63) is 46.7 Å². The molecule has 2 aromatic heterocycles. The molecule has 1 aromatic carbocycles. The predicted octanol–water partition coefficient (Wildman–Crippen LogP) is 3.61. The van der Waals surface area contributed by atoms with Gasteiger partial charge in [-0.2, -0.15) is 5.10 Å². The first-order valence-corrected chi connectivity index (χ1v) is 10.6. The zero-order valence-electron chi connectivity index (χ0n) is 16.9. The van der Waals surface area contributed by atoms with E-state index in [4.69, 9.17) is 27.1 Å². The van der Waals surface area contributed by atoms with Gasteiger partial charge >= 0.3 is 0 Å². The third-order valence-electron chi connectivity index (χ3n) is 6.68. The van der Waals surface area contributed by atoms with Gasteiger partial charge in [0.05, 0.1) is 35.8 Å². The van der Waals surface area contributed by atoms with E-state index in [2.05, 4.69) is 10.00 Å². The van der Waals surface area contributed by atoms with Crippen molar-refractivity contribution in [3.63, 3.8) is 0 Å². The van der Waals surface area contributed by atoms with E-state index in [1.807, 2.05) is 48.8 Å². The first-order chi connectivity index (χ1) is 14.0. The van der Waals surface area contributed by atoms with Crippen LogP contribution < -0.4 is 10.6 Å². The summed E-state index contributed by atoms with van der Waals surface area (Å²) in [6, 6.07) is 8.25. The number of ether oxygens (including phenoxy) is 1. The monoisotopic (exact) mass is 411 g/mol. The fourth-order valence-corrected chi connectivity index (χ4v) is 5.01. The molecule has 0 unspecified atom stereocenters. The van der Waals surface area contributed by atoms with Crippen molar-refractivity contribution in [1.29, 1.82) is 0 Å². The van der Waals surface area contributed by atoms with Crippen molar-refractivity contribution in [2.75, 3.05) is 31.2 Å². The van der Waals surface area contributed by atoms with Gasteiger partial charge in [-0.05, 0) is 38.3 Å². The normalized spacial score (nSPS) is 21.4. The molecule has 0 bridgehead atoms. The highest BCUT2D eigenvalue weighted by molar-refractivity contribution is 6.34. The summed E-state index contributed by atoms with van der Waals surface area (Å²) in [4.78, 5) is 7.39. The number of aryl methyl sites for hydroxylation is 2. The Hall–Kier alpha value is -2.15. The zero-order valence-corrected chi connectivity index (χ0v) is 17.6. The maximum atomic E-state index is 6.64. The minimum atomic E-state index is 0.122. The van der Waals surface area contributed by atoms with Crippen LogP contribution in [0.15, 0.2) is 30.5 Å². The van der Waals surface area contributed by atoms with Crippen molar-refractivity contribution in [2.24, 2.45) is 11.1 Å². The van der Waals surface area contributed by atoms with E-state index in [9.17, 15) is 0 Å². The number of piperidine rings is 1. The van der Waals surface area contributed by atoms with Gasteiger partial charge in [0.25, 0.3) is 0 Å². The molecule has 2 fully saturated rings. The van der Waals surface area contributed by atoms with Gasteiger partial charge in [0, 0.05) is 30.1 Å². The molecule has 3 aromatic rings. The molecule has 4 heterocycles. The number of nitrogens with zero attached hydrogens (tertiary/aromatic N) is 4. The molecule has 0 amide bonds. The molecule has 0 saturated carbocycles. The Morgan fingerprint density at radius 1 is 1.21 bits per heavy atom. The summed E-state index contributed by atoms with van der Waals surface area (Å²) in [6.45, 7) is 7.36. The predicted molar refractivity (Wildman–Crippen MR) is 116 cm³/mol. The van der Waals surface area contributed by atoms with E-state index in [1.165, 1.54) is 0 Å². The van der Waals surface area contributed by atoms with Crippen molar-refractivity contribution < 1.29 is 4.74 Å². The first-order valence-electron chi connectivity index (χ1n) is 10.2. The highest BCUT2D eigenvalue weighted by atomic mass is 35.5. The molecule has 2 saturated heterocycles. The summed E-state index contributed by atoms with van der Waals surface area (Å²) >= 11 is 6.64. The van der Waals surface area contributed by atoms with E-state index in [0.29, 0.717) is 6.61 Å². The zero-order chi connectivity index (χ0) is 20.2. The van der Waals surface area contributed by atoms with E-state index in [0.717, 1.165) is 71.4 Å². The quantitative estimate of drug-likeness (QED) is 0.697. The number of halogens is 1.